The van der Waals surface area contributed by atoms with E-state index in [1.165, 1.54) is 16.9 Å². The molecule has 0 radical (unpaired) electrons. The monoisotopic (exact) mass is 281 g/mol. The Morgan fingerprint density at radius 3 is 2.72 bits per heavy atom. The number of hydrogen-bond donors (Lipinski definition) is 1. The number of ether oxygens (including phenoxy) is 1. The molecular formula is C14H16ClNOS. The summed E-state index contributed by atoms with van der Waals surface area (Å²) < 4.78 is 6.63. The lowest BCUT2D eigenvalue weighted by Gasteiger charge is -2.14. The summed E-state index contributed by atoms with van der Waals surface area (Å²) in [6, 6.07) is 9.92. The Morgan fingerprint density at radius 1 is 1.33 bits per heavy atom. The third-order valence-electron chi connectivity index (χ3n) is 2.66. The number of aryl methyl sites for hydroxylation is 1. The largest absolute Gasteiger partial charge is 0.488 e. The van der Waals surface area contributed by atoms with Gasteiger partial charge in [0.15, 0.2) is 0 Å². The molecule has 0 aliphatic heterocycles. The predicted molar refractivity (Wildman–Crippen MR) is 77.4 cm³/mol. The van der Waals surface area contributed by atoms with E-state index < -0.39 is 0 Å². The highest BCUT2D eigenvalue weighted by molar-refractivity contribution is 7.16. The van der Waals surface area contributed by atoms with E-state index in [0.29, 0.717) is 6.61 Å². The summed E-state index contributed by atoms with van der Waals surface area (Å²) in [4.78, 5) is 1.11. The van der Waals surface area contributed by atoms with Gasteiger partial charge in [-0.05, 0) is 37.6 Å². The van der Waals surface area contributed by atoms with Crippen molar-refractivity contribution >= 4 is 22.9 Å². The van der Waals surface area contributed by atoms with Crippen LogP contribution in [-0.4, -0.2) is 0 Å². The number of halogens is 1. The maximum absolute atomic E-state index is 5.94. The Hall–Kier alpha value is -1.03. The van der Waals surface area contributed by atoms with Crippen LogP contribution in [0.1, 0.15) is 29.0 Å². The molecule has 96 valence electrons. The Kier molecular flexibility index (Phi) is 4.27. The fourth-order valence-corrected chi connectivity index (χ4v) is 2.72. The molecule has 0 saturated heterocycles. The van der Waals surface area contributed by atoms with Crippen LogP contribution in [0.25, 0.3) is 0 Å². The highest BCUT2D eigenvalue weighted by Gasteiger charge is 2.09. The lowest BCUT2D eigenvalue weighted by molar-refractivity contribution is 0.305. The van der Waals surface area contributed by atoms with Gasteiger partial charge in [-0.25, -0.2) is 0 Å². The molecular weight excluding hydrogens is 266 g/mol. The third-order valence-corrected chi connectivity index (χ3v) is 3.86. The maximum Gasteiger partial charge on any atom is 0.124 e. The zero-order valence-electron chi connectivity index (χ0n) is 10.4. The average molecular weight is 282 g/mol. The predicted octanol–water partition coefficient (Wildman–Crippen LogP) is 4.31. The van der Waals surface area contributed by atoms with Gasteiger partial charge in [0.05, 0.1) is 4.34 Å². The highest BCUT2D eigenvalue weighted by atomic mass is 35.5. The van der Waals surface area contributed by atoms with Gasteiger partial charge in [0.1, 0.15) is 12.4 Å². The van der Waals surface area contributed by atoms with Crippen molar-refractivity contribution in [2.75, 3.05) is 0 Å². The number of benzene rings is 1. The van der Waals surface area contributed by atoms with Gasteiger partial charge in [0.25, 0.3) is 0 Å². The van der Waals surface area contributed by atoms with Gasteiger partial charge >= 0.3 is 0 Å². The molecule has 0 aliphatic carbocycles. The topological polar surface area (TPSA) is 35.2 Å². The summed E-state index contributed by atoms with van der Waals surface area (Å²) in [5.74, 6) is 0.856. The van der Waals surface area contributed by atoms with E-state index >= 15 is 0 Å². The van der Waals surface area contributed by atoms with Gasteiger partial charge in [-0.1, -0.05) is 23.7 Å². The standard InChI is InChI=1S/C14H16ClNOS/c1-9-3-5-12(10(2)16)13(7-9)17-8-11-4-6-14(15)18-11/h3-7,10H,8,16H2,1-2H3/t10-/m1/s1. The molecule has 0 aliphatic rings. The van der Waals surface area contributed by atoms with Gasteiger partial charge in [0.2, 0.25) is 0 Å². The van der Waals surface area contributed by atoms with Crippen molar-refractivity contribution in [1.82, 2.24) is 0 Å². The molecule has 0 unspecified atom stereocenters. The molecule has 18 heavy (non-hydrogen) atoms. The first kappa shape index (κ1) is 13.4. The van der Waals surface area contributed by atoms with Gasteiger partial charge in [-0.15, -0.1) is 11.3 Å². The van der Waals surface area contributed by atoms with Crippen molar-refractivity contribution in [2.45, 2.75) is 26.5 Å². The number of rotatable bonds is 4. The van der Waals surface area contributed by atoms with E-state index in [4.69, 9.17) is 22.1 Å². The summed E-state index contributed by atoms with van der Waals surface area (Å²) in [7, 11) is 0. The Morgan fingerprint density at radius 2 is 2.11 bits per heavy atom. The van der Waals surface area contributed by atoms with Crippen molar-refractivity contribution < 1.29 is 4.74 Å². The minimum absolute atomic E-state index is 0.0347. The Balaban J connectivity index is 2.15. The van der Waals surface area contributed by atoms with Gasteiger partial charge < -0.3 is 10.5 Å². The maximum atomic E-state index is 5.94. The van der Waals surface area contributed by atoms with Crippen LogP contribution < -0.4 is 10.5 Å². The van der Waals surface area contributed by atoms with Crippen LogP contribution in [0.5, 0.6) is 5.75 Å². The van der Waals surface area contributed by atoms with Crippen LogP contribution in [-0.2, 0) is 6.61 Å². The molecule has 0 fully saturated rings. The van der Waals surface area contributed by atoms with Crippen LogP contribution in [0.4, 0.5) is 0 Å². The van der Waals surface area contributed by atoms with Crippen LogP contribution in [0.15, 0.2) is 30.3 Å². The van der Waals surface area contributed by atoms with Crippen LogP contribution in [0.2, 0.25) is 4.34 Å². The molecule has 1 aromatic heterocycles. The van der Waals surface area contributed by atoms with Gasteiger partial charge in [-0.3, -0.25) is 0 Å². The molecule has 0 spiro atoms. The van der Waals surface area contributed by atoms with Crippen molar-refractivity contribution in [2.24, 2.45) is 5.73 Å². The Bertz CT molecular complexity index is 536. The summed E-state index contributed by atoms with van der Waals surface area (Å²) in [5.41, 5.74) is 8.14. The molecule has 0 bridgehead atoms. The molecule has 2 aromatic rings. The van der Waals surface area contributed by atoms with Crippen LogP contribution in [0.3, 0.4) is 0 Å². The minimum atomic E-state index is -0.0347. The summed E-state index contributed by atoms with van der Waals surface area (Å²) in [6.07, 6.45) is 0. The van der Waals surface area contributed by atoms with Crippen molar-refractivity contribution in [1.29, 1.82) is 0 Å². The fraction of sp³-hybridized carbons (Fsp3) is 0.286. The first-order valence-corrected chi connectivity index (χ1v) is 6.99. The molecule has 1 aromatic carbocycles. The quantitative estimate of drug-likeness (QED) is 0.906. The van der Waals surface area contributed by atoms with Crippen molar-refractivity contribution in [3.8, 4) is 5.75 Å². The fourth-order valence-electron chi connectivity index (χ4n) is 1.72. The normalized spacial score (nSPS) is 12.4. The molecule has 2 N–H and O–H groups in total. The molecule has 0 saturated carbocycles. The summed E-state index contributed by atoms with van der Waals surface area (Å²) in [6.45, 7) is 4.53. The molecule has 0 amide bonds. The molecule has 1 heterocycles. The zero-order chi connectivity index (χ0) is 13.1. The second kappa shape index (κ2) is 5.74. The van der Waals surface area contributed by atoms with Gasteiger partial charge in [-0.2, -0.15) is 0 Å². The Labute approximate surface area is 116 Å². The second-order valence-corrected chi connectivity index (χ2v) is 6.12. The van der Waals surface area contributed by atoms with E-state index in [1.54, 1.807) is 0 Å². The zero-order valence-corrected chi connectivity index (χ0v) is 12.0. The number of nitrogens with two attached hydrogens (primary N) is 1. The third kappa shape index (κ3) is 3.25. The average Bonchev–Trinajstić information content (AvgIpc) is 2.72. The smallest absolute Gasteiger partial charge is 0.124 e. The van der Waals surface area contributed by atoms with E-state index in [1.807, 2.05) is 44.2 Å². The van der Waals surface area contributed by atoms with E-state index in [2.05, 4.69) is 0 Å². The minimum Gasteiger partial charge on any atom is -0.488 e. The highest BCUT2D eigenvalue weighted by Crippen LogP contribution is 2.28. The number of thiophene rings is 1. The van der Waals surface area contributed by atoms with E-state index in [0.717, 1.165) is 20.5 Å². The summed E-state index contributed by atoms with van der Waals surface area (Å²) >= 11 is 7.43. The SMILES string of the molecule is Cc1ccc([C@@H](C)N)c(OCc2ccc(Cl)s2)c1. The molecule has 2 rings (SSSR count). The van der Waals surface area contributed by atoms with Crippen LogP contribution >= 0.6 is 22.9 Å². The first-order valence-electron chi connectivity index (χ1n) is 5.79. The summed E-state index contributed by atoms with van der Waals surface area (Å²) in [5, 5.41) is 0. The first-order chi connectivity index (χ1) is 8.56. The lowest BCUT2D eigenvalue weighted by atomic mass is 10.1. The molecule has 1 atom stereocenters. The second-order valence-electron chi connectivity index (χ2n) is 4.32. The van der Waals surface area contributed by atoms with Crippen molar-refractivity contribution in [3.63, 3.8) is 0 Å². The number of hydrogen-bond acceptors (Lipinski definition) is 3. The molecule has 2 nitrogen and oxygen atoms in total. The van der Waals surface area contributed by atoms with E-state index in [9.17, 15) is 0 Å². The van der Waals surface area contributed by atoms with E-state index in [-0.39, 0.29) is 6.04 Å². The van der Waals surface area contributed by atoms with Crippen molar-refractivity contribution in [3.05, 3.63) is 50.7 Å². The lowest BCUT2D eigenvalue weighted by Crippen LogP contribution is -2.08. The van der Waals surface area contributed by atoms with Gasteiger partial charge in [0, 0.05) is 16.5 Å². The van der Waals surface area contributed by atoms with Crippen LogP contribution in [0, 0.1) is 6.92 Å². The molecule has 4 heteroatoms.